The molecule has 0 spiro atoms. The highest BCUT2D eigenvalue weighted by Crippen LogP contribution is 2.22. The minimum absolute atomic E-state index is 0.214. The average molecular weight is 281 g/mol. The average Bonchev–Trinajstić information content (AvgIpc) is 2.45. The smallest absolute Gasteiger partial charge is 0.338 e. The molecule has 1 aromatic carbocycles. The van der Waals surface area contributed by atoms with Crippen LogP contribution in [0.5, 0.6) is 5.75 Å². The maximum atomic E-state index is 11.8. The molecular formula is C15H23NO4. The van der Waals surface area contributed by atoms with Crippen LogP contribution in [0.3, 0.4) is 0 Å². The Balaban J connectivity index is 2.38. The molecule has 20 heavy (non-hydrogen) atoms. The van der Waals surface area contributed by atoms with Crippen LogP contribution in [0.25, 0.3) is 0 Å². The number of aliphatic hydroxyl groups is 1. The minimum Gasteiger partial charge on any atom is -0.492 e. The zero-order valence-corrected chi connectivity index (χ0v) is 11.9. The van der Waals surface area contributed by atoms with E-state index in [-0.39, 0.29) is 12.6 Å². The molecule has 0 saturated heterocycles. The molecule has 0 aliphatic rings. The summed E-state index contributed by atoms with van der Waals surface area (Å²) in [5.74, 6) is 0.204. The summed E-state index contributed by atoms with van der Waals surface area (Å²) in [7, 11) is 0. The van der Waals surface area contributed by atoms with E-state index in [2.05, 4.69) is 0 Å². The Morgan fingerprint density at radius 3 is 2.65 bits per heavy atom. The van der Waals surface area contributed by atoms with Crippen molar-refractivity contribution in [3.63, 3.8) is 0 Å². The summed E-state index contributed by atoms with van der Waals surface area (Å²) in [5.41, 5.74) is 6.66. The molecule has 0 amide bonds. The molecule has 0 saturated carbocycles. The zero-order chi connectivity index (χ0) is 14.8. The Morgan fingerprint density at radius 1 is 1.25 bits per heavy atom. The summed E-state index contributed by atoms with van der Waals surface area (Å²) < 4.78 is 10.5. The van der Waals surface area contributed by atoms with Gasteiger partial charge in [-0.15, -0.1) is 0 Å². The molecular weight excluding hydrogens is 258 g/mol. The number of hydrogen-bond donors (Lipinski definition) is 2. The van der Waals surface area contributed by atoms with E-state index in [0.29, 0.717) is 30.2 Å². The lowest BCUT2D eigenvalue weighted by Gasteiger charge is -2.09. The van der Waals surface area contributed by atoms with Gasteiger partial charge in [-0.05, 0) is 44.4 Å². The number of nitrogen functional groups attached to an aromatic ring is 1. The van der Waals surface area contributed by atoms with Gasteiger partial charge < -0.3 is 20.3 Å². The van der Waals surface area contributed by atoms with E-state index in [0.717, 1.165) is 25.7 Å². The lowest BCUT2D eigenvalue weighted by atomic mass is 10.2. The van der Waals surface area contributed by atoms with Gasteiger partial charge in [0.2, 0.25) is 0 Å². The van der Waals surface area contributed by atoms with E-state index >= 15 is 0 Å². The zero-order valence-electron chi connectivity index (χ0n) is 11.9. The Morgan fingerprint density at radius 2 is 2.00 bits per heavy atom. The number of carbonyl (C=O) groups excluding carboxylic acids is 1. The second-order valence-corrected chi connectivity index (χ2v) is 4.46. The van der Waals surface area contributed by atoms with E-state index < -0.39 is 0 Å². The molecule has 0 atom stereocenters. The molecule has 5 heteroatoms. The van der Waals surface area contributed by atoms with Crippen molar-refractivity contribution >= 4 is 11.7 Å². The van der Waals surface area contributed by atoms with Gasteiger partial charge in [0.1, 0.15) is 5.75 Å². The third-order valence-electron chi connectivity index (χ3n) is 2.83. The second-order valence-electron chi connectivity index (χ2n) is 4.46. The normalized spacial score (nSPS) is 10.3. The molecule has 0 fully saturated rings. The van der Waals surface area contributed by atoms with Crippen LogP contribution in [0.1, 0.15) is 43.0 Å². The highest BCUT2D eigenvalue weighted by Gasteiger charge is 2.09. The maximum absolute atomic E-state index is 11.8. The number of aliphatic hydroxyl groups excluding tert-OH is 1. The third-order valence-corrected chi connectivity index (χ3v) is 2.83. The molecule has 0 aliphatic carbocycles. The molecule has 0 aliphatic heterocycles. The summed E-state index contributed by atoms with van der Waals surface area (Å²) in [5, 5.41) is 8.64. The van der Waals surface area contributed by atoms with Crippen LogP contribution < -0.4 is 10.5 Å². The molecule has 3 N–H and O–H groups in total. The Hall–Kier alpha value is -1.75. The monoisotopic (exact) mass is 281 g/mol. The highest BCUT2D eigenvalue weighted by molar-refractivity contribution is 5.91. The van der Waals surface area contributed by atoms with Crippen LogP contribution in [0.15, 0.2) is 18.2 Å². The van der Waals surface area contributed by atoms with E-state index in [4.69, 9.17) is 20.3 Å². The fourth-order valence-electron chi connectivity index (χ4n) is 1.78. The van der Waals surface area contributed by atoms with Crippen molar-refractivity contribution < 1.29 is 19.4 Å². The van der Waals surface area contributed by atoms with Gasteiger partial charge in [0, 0.05) is 6.61 Å². The van der Waals surface area contributed by atoms with Gasteiger partial charge in [-0.1, -0.05) is 6.42 Å². The molecule has 0 unspecified atom stereocenters. The fraction of sp³-hybridized carbons (Fsp3) is 0.533. The SMILES string of the molecule is CCOc1ccc(C(=O)OCCCCCCO)cc1N. The van der Waals surface area contributed by atoms with Crippen LogP contribution in [-0.4, -0.2) is 30.9 Å². The Kier molecular flexibility index (Phi) is 7.50. The van der Waals surface area contributed by atoms with Crippen molar-refractivity contribution in [3.05, 3.63) is 23.8 Å². The number of benzene rings is 1. The number of nitrogens with two attached hydrogens (primary N) is 1. The summed E-state index contributed by atoms with van der Waals surface area (Å²) in [6.07, 6.45) is 3.49. The summed E-state index contributed by atoms with van der Waals surface area (Å²) in [6, 6.07) is 4.89. The van der Waals surface area contributed by atoms with Gasteiger partial charge in [0.25, 0.3) is 0 Å². The predicted molar refractivity (Wildman–Crippen MR) is 77.9 cm³/mol. The van der Waals surface area contributed by atoms with Crippen LogP contribution in [0.4, 0.5) is 5.69 Å². The van der Waals surface area contributed by atoms with E-state index in [1.54, 1.807) is 18.2 Å². The number of esters is 1. The van der Waals surface area contributed by atoms with Crippen molar-refractivity contribution in [2.45, 2.75) is 32.6 Å². The predicted octanol–water partition coefficient (Wildman–Crippen LogP) is 2.38. The summed E-state index contributed by atoms with van der Waals surface area (Å²) >= 11 is 0. The van der Waals surface area contributed by atoms with E-state index in [1.165, 1.54) is 0 Å². The highest BCUT2D eigenvalue weighted by atomic mass is 16.5. The standard InChI is InChI=1S/C15H23NO4/c1-2-19-14-8-7-12(11-13(14)16)15(18)20-10-6-4-3-5-9-17/h7-8,11,17H,2-6,9-10,16H2,1H3. The Bertz CT molecular complexity index is 420. The quantitative estimate of drug-likeness (QED) is 0.412. The Labute approximate surface area is 119 Å². The van der Waals surface area contributed by atoms with Crippen molar-refractivity contribution in [1.82, 2.24) is 0 Å². The van der Waals surface area contributed by atoms with Crippen LogP contribution in [-0.2, 0) is 4.74 Å². The molecule has 0 heterocycles. The van der Waals surface area contributed by atoms with Crippen LogP contribution in [0.2, 0.25) is 0 Å². The number of hydrogen-bond acceptors (Lipinski definition) is 5. The summed E-state index contributed by atoms with van der Waals surface area (Å²) in [4.78, 5) is 11.8. The molecule has 112 valence electrons. The lowest BCUT2D eigenvalue weighted by molar-refractivity contribution is 0.0497. The first-order valence-electron chi connectivity index (χ1n) is 6.99. The molecule has 1 aromatic rings. The molecule has 5 nitrogen and oxygen atoms in total. The van der Waals surface area contributed by atoms with E-state index in [9.17, 15) is 4.79 Å². The van der Waals surface area contributed by atoms with E-state index in [1.807, 2.05) is 6.92 Å². The number of rotatable bonds is 9. The van der Waals surface area contributed by atoms with Crippen LogP contribution in [0, 0.1) is 0 Å². The molecule has 0 bridgehead atoms. The summed E-state index contributed by atoms with van der Waals surface area (Å²) in [6.45, 7) is 3.00. The first-order valence-corrected chi connectivity index (χ1v) is 6.99. The molecule has 1 rings (SSSR count). The molecule has 0 radical (unpaired) electrons. The maximum Gasteiger partial charge on any atom is 0.338 e. The number of ether oxygens (including phenoxy) is 2. The second kappa shape index (κ2) is 9.20. The largest absolute Gasteiger partial charge is 0.492 e. The first kappa shape index (κ1) is 16.3. The van der Waals surface area contributed by atoms with Crippen molar-refractivity contribution in [3.8, 4) is 5.75 Å². The van der Waals surface area contributed by atoms with Gasteiger partial charge in [-0.2, -0.15) is 0 Å². The van der Waals surface area contributed by atoms with Crippen molar-refractivity contribution in [2.24, 2.45) is 0 Å². The lowest BCUT2D eigenvalue weighted by Crippen LogP contribution is -2.07. The minimum atomic E-state index is -0.373. The van der Waals surface area contributed by atoms with Crippen LogP contribution >= 0.6 is 0 Å². The van der Waals surface area contributed by atoms with Gasteiger partial charge in [-0.3, -0.25) is 0 Å². The number of anilines is 1. The van der Waals surface area contributed by atoms with Gasteiger partial charge >= 0.3 is 5.97 Å². The first-order chi connectivity index (χ1) is 9.69. The van der Waals surface area contributed by atoms with Gasteiger partial charge in [-0.25, -0.2) is 4.79 Å². The topological polar surface area (TPSA) is 81.8 Å². The van der Waals surface area contributed by atoms with Gasteiger partial charge in [0.05, 0.1) is 24.5 Å². The third kappa shape index (κ3) is 5.48. The molecule has 0 aromatic heterocycles. The fourth-order valence-corrected chi connectivity index (χ4v) is 1.78. The van der Waals surface area contributed by atoms with Gasteiger partial charge in [0.15, 0.2) is 0 Å². The number of unbranched alkanes of at least 4 members (excludes halogenated alkanes) is 3. The van der Waals surface area contributed by atoms with Crippen molar-refractivity contribution in [2.75, 3.05) is 25.6 Å². The van der Waals surface area contributed by atoms with Crippen molar-refractivity contribution in [1.29, 1.82) is 0 Å². The number of carbonyl (C=O) groups is 1.